The minimum atomic E-state index is -0.0617. The van der Waals surface area contributed by atoms with Crippen LogP contribution in [0, 0.1) is 0 Å². The van der Waals surface area contributed by atoms with Gasteiger partial charge in [-0.3, -0.25) is 4.99 Å². The van der Waals surface area contributed by atoms with Gasteiger partial charge in [0.2, 0.25) is 0 Å². The largest absolute Gasteiger partial charge is 0.379 e. The summed E-state index contributed by atoms with van der Waals surface area (Å²) in [5.41, 5.74) is 5.99. The van der Waals surface area contributed by atoms with E-state index in [0.29, 0.717) is 12.0 Å². The Morgan fingerprint density at radius 3 is 2.69 bits per heavy atom. The number of guanidine groups is 1. The lowest BCUT2D eigenvalue weighted by molar-refractivity contribution is -0.00631. The molecule has 0 radical (unpaired) electrons. The Morgan fingerprint density at radius 1 is 1.50 bits per heavy atom. The van der Waals surface area contributed by atoms with Gasteiger partial charge in [-0.1, -0.05) is 12.8 Å². The molecule has 0 bridgehead atoms. The first kappa shape index (κ1) is 11.7. The molecule has 2 rings (SSSR count). The summed E-state index contributed by atoms with van der Waals surface area (Å²) in [6, 6.07) is 0.564. The fourth-order valence-electron chi connectivity index (χ4n) is 3.00. The molecule has 2 N–H and O–H groups in total. The molecule has 1 aliphatic carbocycles. The van der Waals surface area contributed by atoms with E-state index in [4.69, 9.17) is 10.5 Å². The van der Waals surface area contributed by atoms with E-state index in [1.165, 1.54) is 25.7 Å². The van der Waals surface area contributed by atoms with E-state index in [1.807, 2.05) is 0 Å². The number of ether oxygens (including phenoxy) is 1. The molecular formula is C12H23N3O. The maximum Gasteiger partial charge on any atom is 0.192 e. The highest BCUT2D eigenvalue weighted by Gasteiger charge is 2.46. The van der Waals surface area contributed by atoms with Crippen molar-refractivity contribution in [3.05, 3.63) is 0 Å². The minimum Gasteiger partial charge on any atom is -0.379 e. The first-order valence-corrected chi connectivity index (χ1v) is 6.21. The second-order valence-electron chi connectivity index (χ2n) is 5.22. The van der Waals surface area contributed by atoms with Crippen LogP contribution in [-0.2, 0) is 4.74 Å². The molecule has 2 atom stereocenters. The Labute approximate surface area is 97.9 Å². The lowest BCUT2D eigenvalue weighted by Gasteiger charge is -2.43. The van der Waals surface area contributed by atoms with Crippen LogP contribution in [0.4, 0.5) is 0 Å². The second-order valence-corrected chi connectivity index (χ2v) is 5.22. The highest BCUT2D eigenvalue weighted by molar-refractivity contribution is 5.81. The molecule has 0 saturated heterocycles. The standard InChI is InChI=1S/C12H23N3O/c1-9(16-3)12(2)8-14-11(13)15(12)10-6-4-5-7-10/h9-10H,4-8H2,1-3H3,(H2,13,14). The van der Waals surface area contributed by atoms with Crippen molar-refractivity contribution in [3.63, 3.8) is 0 Å². The van der Waals surface area contributed by atoms with Gasteiger partial charge in [0.15, 0.2) is 5.96 Å². The van der Waals surface area contributed by atoms with Crippen molar-refractivity contribution >= 4 is 5.96 Å². The predicted molar refractivity (Wildman–Crippen MR) is 65.5 cm³/mol. The zero-order valence-corrected chi connectivity index (χ0v) is 10.6. The van der Waals surface area contributed by atoms with Crippen LogP contribution >= 0.6 is 0 Å². The van der Waals surface area contributed by atoms with E-state index in [2.05, 4.69) is 23.7 Å². The average molecular weight is 225 g/mol. The molecule has 4 nitrogen and oxygen atoms in total. The minimum absolute atomic E-state index is 0.0617. The fraction of sp³-hybridized carbons (Fsp3) is 0.917. The molecule has 0 aromatic rings. The molecule has 2 aliphatic rings. The van der Waals surface area contributed by atoms with Gasteiger partial charge in [-0.15, -0.1) is 0 Å². The average Bonchev–Trinajstić information content (AvgIpc) is 2.86. The summed E-state index contributed by atoms with van der Waals surface area (Å²) >= 11 is 0. The summed E-state index contributed by atoms with van der Waals surface area (Å²) in [6.45, 7) is 5.07. The van der Waals surface area contributed by atoms with Crippen molar-refractivity contribution in [2.24, 2.45) is 10.7 Å². The van der Waals surface area contributed by atoms with Gasteiger partial charge in [-0.25, -0.2) is 0 Å². The second kappa shape index (κ2) is 4.24. The normalized spacial score (nSPS) is 33.2. The molecule has 1 aliphatic heterocycles. The summed E-state index contributed by atoms with van der Waals surface area (Å²) in [5.74, 6) is 0.707. The SMILES string of the molecule is COC(C)C1(C)CN=C(N)N1C1CCCC1. The molecule has 0 amide bonds. The highest BCUT2D eigenvalue weighted by Crippen LogP contribution is 2.34. The van der Waals surface area contributed by atoms with Gasteiger partial charge in [0.05, 0.1) is 18.2 Å². The van der Waals surface area contributed by atoms with Gasteiger partial charge in [0.1, 0.15) is 0 Å². The summed E-state index contributed by atoms with van der Waals surface area (Å²) in [5, 5.41) is 0. The number of hydrogen-bond acceptors (Lipinski definition) is 4. The quantitative estimate of drug-likeness (QED) is 0.789. The topological polar surface area (TPSA) is 50.9 Å². The first-order chi connectivity index (χ1) is 7.59. The Balaban J connectivity index is 2.20. The van der Waals surface area contributed by atoms with Gasteiger partial charge in [0.25, 0.3) is 0 Å². The Hall–Kier alpha value is -0.770. The Kier molecular flexibility index (Phi) is 3.10. The Bertz CT molecular complexity index is 286. The predicted octanol–water partition coefficient (Wildman–Crippen LogP) is 1.35. The molecule has 1 fully saturated rings. The van der Waals surface area contributed by atoms with E-state index >= 15 is 0 Å². The number of aliphatic imine (C=N–C) groups is 1. The van der Waals surface area contributed by atoms with Gasteiger partial charge in [-0.2, -0.15) is 0 Å². The van der Waals surface area contributed by atoms with Crippen LogP contribution in [0.25, 0.3) is 0 Å². The van der Waals surface area contributed by atoms with Crippen LogP contribution in [0.1, 0.15) is 39.5 Å². The van der Waals surface area contributed by atoms with E-state index in [9.17, 15) is 0 Å². The van der Waals surface area contributed by atoms with Crippen molar-refractivity contribution in [3.8, 4) is 0 Å². The molecule has 1 heterocycles. The first-order valence-electron chi connectivity index (χ1n) is 6.21. The fourth-order valence-corrected chi connectivity index (χ4v) is 3.00. The van der Waals surface area contributed by atoms with Crippen LogP contribution < -0.4 is 5.73 Å². The lowest BCUT2D eigenvalue weighted by Crippen LogP contribution is -2.59. The Morgan fingerprint density at radius 2 is 2.12 bits per heavy atom. The van der Waals surface area contributed by atoms with E-state index < -0.39 is 0 Å². The van der Waals surface area contributed by atoms with Crippen molar-refractivity contribution in [2.75, 3.05) is 13.7 Å². The van der Waals surface area contributed by atoms with Crippen molar-refractivity contribution in [2.45, 2.75) is 57.2 Å². The molecule has 0 aromatic carbocycles. The summed E-state index contributed by atoms with van der Waals surface area (Å²) in [4.78, 5) is 6.74. The highest BCUT2D eigenvalue weighted by atomic mass is 16.5. The van der Waals surface area contributed by atoms with Gasteiger partial charge in [-0.05, 0) is 26.7 Å². The number of hydrogen-bond donors (Lipinski definition) is 1. The van der Waals surface area contributed by atoms with Crippen LogP contribution in [-0.4, -0.2) is 42.2 Å². The number of rotatable bonds is 3. The van der Waals surface area contributed by atoms with Gasteiger partial charge < -0.3 is 15.4 Å². The zero-order chi connectivity index (χ0) is 11.8. The molecule has 0 spiro atoms. The zero-order valence-electron chi connectivity index (χ0n) is 10.6. The molecule has 2 unspecified atom stereocenters. The molecule has 4 heteroatoms. The number of methoxy groups -OCH3 is 1. The summed E-state index contributed by atoms with van der Waals surface area (Å²) in [6.07, 6.45) is 5.25. The van der Waals surface area contributed by atoms with Gasteiger partial charge in [0, 0.05) is 13.2 Å². The van der Waals surface area contributed by atoms with E-state index in [0.717, 1.165) is 6.54 Å². The third kappa shape index (κ3) is 1.69. The summed E-state index contributed by atoms with van der Waals surface area (Å²) in [7, 11) is 1.76. The van der Waals surface area contributed by atoms with Crippen LogP contribution in [0.2, 0.25) is 0 Å². The maximum atomic E-state index is 6.05. The number of nitrogens with two attached hydrogens (primary N) is 1. The van der Waals surface area contributed by atoms with Crippen molar-refractivity contribution < 1.29 is 4.74 Å². The van der Waals surface area contributed by atoms with E-state index in [-0.39, 0.29) is 11.6 Å². The monoisotopic (exact) mass is 225 g/mol. The molecule has 1 saturated carbocycles. The maximum absolute atomic E-state index is 6.05. The third-order valence-corrected chi connectivity index (χ3v) is 4.28. The van der Waals surface area contributed by atoms with E-state index in [1.54, 1.807) is 7.11 Å². The number of nitrogens with zero attached hydrogens (tertiary/aromatic N) is 2. The third-order valence-electron chi connectivity index (χ3n) is 4.28. The smallest absolute Gasteiger partial charge is 0.192 e. The molecule has 92 valence electrons. The van der Waals surface area contributed by atoms with Gasteiger partial charge >= 0.3 is 0 Å². The van der Waals surface area contributed by atoms with Crippen molar-refractivity contribution in [1.29, 1.82) is 0 Å². The molecule has 0 aromatic heterocycles. The van der Waals surface area contributed by atoms with Crippen molar-refractivity contribution in [1.82, 2.24) is 4.90 Å². The van der Waals surface area contributed by atoms with Crippen LogP contribution in [0.5, 0.6) is 0 Å². The summed E-state index contributed by atoms with van der Waals surface area (Å²) < 4.78 is 5.50. The molecular weight excluding hydrogens is 202 g/mol. The lowest BCUT2D eigenvalue weighted by atomic mass is 9.92. The van der Waals surface area contributed by atoms with Crippen LogP contribution in [0.3, 0.4) is 0 Å². The molecule has 16 heavy (non-hydrogen) atoms. The van der Waals surface area contributed by atoms with Crippen LogP contribution in [0.15, 0.2) is 4.99 Å².